The van der Waals surface area contributed by atoms with Crippen molar-refractivity contribution in [3.8, 4) is 0 Å². The molecule has 0 radical (unpaired) electrons. The predicted molar refractivity (Wildman–Crippen MR) is 89.8 cm³/mol. The maximum Gasteiger partial charge on any atom is 0.0486 e. The van der Waals surface area contributed by atoms with Crippen LogP contribution in [-0.2, 0) is 13.0 Å². The van der Waals surface area contributed by atoms with E-state index in [4.69, 9.17) is 17.3 Å². The molecular formula is C18H19ClN2. The van der Waals surface area contributed by atoms with E-state index in [1.165, 1.54) is 22.0 Å². The number of hydrogen-bond acceptors (Lipinski definition) is 1. The molecule has 0 aliphatic rings. The monoisotopic (exact) mass is 298 g/mol. The van der Waals surface area contributed by atoms with Crippen LogP contribution in [0.4, 0.5) is 0 Å². The molecule has 2 nitrogen and oxygen atoms in total. The smallest absolute Gasteiger partial charge is 0.0486 e. The van der Waals surface area contributed by atoms with Crippen molar-refractivity contribution in [2.75, 3.05) is 0 Å². The van der Waals surface area contributed by atoms with Gasteiger partial charge in [0.05, 0.1) is 0 Å². The van der Waals surface area contributed by atoms with Gasteiger partial charge in [-0.25, -0.2) is 0 Å². The van der Waals surface area contributed by atoms with Crippen LogP contribution in [0.5, 0.6) is 0 Å². The van der Waals surface area contributed by atoms with E-state index in [1.54, 1.807) is 0 Å². The first-order valence-corrected chi connectivity index (χ1v) is 7.58. The highest BCUT2D eigenvalue weighted by Crippen LogP contribution is 2.23. The lowest BCUT2D eigenvalue weighted by molar-refractivity contribution is 0.735. The van der Waals surface area contributed by atoms with Crippen molar-refractivity contribution in [1.29, 1.82) is 0 Å². The second-order valence-corrected chi connectivity index (χ2v) is 6.04. The van der Waals surface area contributed by atoms with Gasteiger partial charge in [0.15, 0.2) is 0 Å². The average Bonchev–Trinajstić information content (AvgIpc) is 2.79. The van der Waals surface area contributed by atoms with Gasteiger partial charge < -0.3 is 10.3 Å². The third-order valence-electron chi connectivity index (χ3n) is 3.68. The molecular weight excluding hydrogens is 280 g/mol. The minimum Gasteiger partial charge on any atom is -0.343 e. The topological polar surface area (TPSA) is 30.9 Å². The number of rotatable bonds is 4. The fourth-order valence-corrected chi connectivity index (χ4v) is 2.88. The molecule has 3 aromatic rings. The summed E-state index contributed by atoms with van der Waals surface area (Å²) >= 11 is 5.95. The van der Waals surface area contributed by atoms with E-state index >= 15 is 0 Å². The molecule has 0 saturated heterocycles. The molecule has 0 saturated carbocycles. The van der Waals surface area contributed by atoms with Gasteiger partial charge in [-0.15, -0.1) is 0 Å². The maximum absolute atomic E-state index is 5.97. The molecule has 3 rings (SSSR count). The summed E-state index contributed by atoms with van der Waals surface area (Å²) in [6, 6.07) is 16.7. The molecule has 0 spiro atoms. The molecule has 0 bridgehead atoms. The SMILES string of the molecule is CC(N)Cc1cn(Cc2ccc(Cl)cc2)c2ccccc12. The molecule has 0 aliphatic carbocycles. The van der Waals surface area contributed by atoms with Gasteiger partial charge in [0.1, 0.15) is 0 Å². The summed E-state index contributed by atoms with van der Waals surface area (Å²) in [5.41, 5.74) is 9.78. The Balaban J connectivity index is 2.00. The van der Waals surface area contributed by atoms with Gasteiger partial charge in [-0.05, 0) is 42.7 Å². The van der Waals surface area contributed by atoms with E-state index in [0.29, 0.717) is 0 Å². The molecule has 2 aromatic carbocycles. The number of para-hydroxylation sites is 1. The highest BCUT2D eigenvalue weighted by molar-refractivity contribution is 6.30. The molecule has 0 fully saturated rings. The van der Waals surface area contributed by atoms with E-state index in [-0.39, 0.29) is 6.04 Å². The fourth-order valence-electron chi connectivity index (χ4n) is 2.75. The average molecular weight is 299 g/mol. The lowest BCUT2D eigenvalue weighted by Crippen LogP contribution is -2.17. The van der Waals surface area contributed by atoms with Gasteiger partial charge >= 0.3 is 0 Å². The second kappa shape index (κ2) is 5.92. The number of hydrogen-bond donors (Lipinski definition) is 1. The summed E-state index contributed by atoms with van der Waals surface area (Å²) in [6.07, 6.45) is 3.12. The van der Waals surface area contributed by atoms with Crippen LogP contribution in [0.3, 0.4) is 0 Å². The molecule has 3 heteroatoms. The standard InChI is InChI=1S/C18H19ClN2/c1-13(20)10-15-12-21(18-5-3-2-4-17(15)18)11-14-6-8-16(19)9-7-14/h2-9,12-13H,10-11,20H2,1H3. The first-order valence-electron chi connectivity index (χ1n) is 7.20. The van der Waals surface area contributed by atoms with Gasteiger partial charge in [0.2, 0.25) is 0 Å². The third kappa shape index (κ3) is 3.12. The number of nitrogens with two attached hydrogens (primary N) is 1. The van der Waals surface area contributed by atoms with E-state index in [0.717, 1.165) is 18.0 Å². The number of nitrogens with zero attached hydrogens (tertiary/aromatic N) is 1. The van der Waals surface area contributed by atoms with Crippen molar-refractivity contribution in [2.45, 2.75) is 25.9 Å². The molecule has 0 aliphatic heterocycles. The second-order valence-electron chi connectivity index (χ2n) is 5.61. The normalized spacial score (nSPS) is 12.7. The highest BCUT2D eigenvalue weighted by atomic mass is 35.5. The summed E-state index contributed by atoms with van der Waals surface area (Å²) in [5.74, 6) is 0. The van der Waals surface area contributed by atoms with Gasteiger partial charge in [-0.2, -0.15) is 0 Å². The van der Waals surface area contributed by atoms with E-state index in [9.17, 15) is 0 Å². The Kier molecular flexibility index (Phi) is 4.00. The molecule has 1 unspecified atom stereocenters. The summed E-state index contributed by atoms with van der Waals surface area (Å²) in [7, 11) is 0. The van der Waals surface area contributed by atoms with E-state index < -0.39 is 0 Å². The fraction of sp³-hybridized carbons (Fsp3) is 0.222. The summed E-state index contributed by atoms with van der Waals surface area (Å²) < 4.78 is 2.29. The van der Waals surface area contributed by atoms with Crippen LogP contribution < -0.4 is 5.73 Å². The van der Waals surface area contributed by atoms with Crippen molar-refractivity contribution in [3.63, 3.8) is 0 Å². The summed E-state index contributed by atoms with van der Waals surface area (Å²) in [5, 5.41) is 2.07. The molecule has 2 N–H and O–H groups in total. The first kappa shape index (κ1) is 14.2. The van der Waals surface area contributed by atoms with Crippen LogP contribution in [0.1, 0.15) is 18.1 Å². The Morgan fingerprint density at radius 2 is 1.81 bits per heavy atom. The summed E-state index contributed by atoms with van der Waals surface area (Å²) in [4.78, 5) is 0. The first-order chi connectivity index (χ1) is 10.1. The Hall–Kier alpha value is -1.77. The third-order valence-corrected chi connectivity index (χ3v) is 3.93. The molecule has 0 amide bonds. The molecule has 1 aromatic heterocycles. The van der Waals surface area contributed by atoms with Crippen molar-refractivity contribution in [3.05, 3.63) is 70.9 Å². The molecule has 1 heterocycles. The number of fused-ring (bicyclic) bond motifs is 1. The van der Waals surface area contributed by atoms with Gasteiger partial charge in [0.25, 0.3) is 0 Å². The van der Waals surface area contributed by atoms with Crippen LogP contribution in [0.15, 0.2) is 54.7 Å². The Labute approximate surface area is 130 Å². The van der Waals surface area contributed by atoms with Gasteiger partial charge in [-0.1, -0.05) is 41.9 Å². The zero-order valence-corrected chi connectivity index (χ0v) is 12.8. The summed E-state index contributed by atoms with van der Waals surface area (Å²) in [6.45, 7) is 2.89. The van der Waals surface area contributed by atoms with Crippen molar-refractivity contribution in [1.82, 2.24) is 4.57 Å². The Morgan fingerprint density at radius 1 is 1.10 bits per heavy atom. The quantitative estimate of drug-likeness (QED) is 0.767. The highest BCUT2D eigenvalue weighted by Gasteiger charge is 2.09. The predicted octanol–water partition coefficient (Wildman–Crippen LogP) is 4.23. The van der Waals surface area contributed by atoms with E-state index in [2.05, 4.69) is 47.2 Å². The number of halogens is 1. The molecule has 1 atom stereocenters. The molecule has 21 heavy (non-hydrogen) atoms. The van der Waals surface area contributed by atoms with Crippen LogP contribution in [0, 0.1) is 0 Å². The zero-order valence-electron chi connectivity index (χ0n) is 12.1. The largest absolute Gasteiger partial charge is 0.343 e. The number of aromatic nitrogens is 1. The van der Waals surface area contributed by atoms with Gasteiger partial charge in [0, 0.05) is 34.7 Å². The Morgan fingerprint density at radius 3 is 2.52 bits per heavy atom. The van der Waals surface area contributed by atoms with Crippen molar-refractivity contribution >= 4 is 22.5 Å². The molecule has 108 valence electrons. The van der Waals surface area contributed by atoms with Crippen LogP contribution in [0.25, 0.3) is 10.9 Å². The number of benzene rings is 2. The van der Waals surface area contributed by atoms with Crippen LogP contribution in [0.2, 0.25) is 5.02 Å². The Bertz CT molecular complexity index is 742. The lowest BCUT2D eigenvalue weighted by Gasteiger charge is -2.05. The minimum atomic E-state index is 0.166. The van der Waals surface area contributed by atoms with Crippen molar-refractivity contribution in [2.24, 2.45) is 5.73 Å². The lowest BCUT2D eigenvalue weighted by atomic mass is 10.1. The van der Waals surface area contributed by atoms with E-state index in [1.807, 2.05) is 19.1 Å². The minimum absolute atomic E-state index is 0.166. The van der Waals surface area contributed by atoms with Crippen molar-refractivity contribution < 1.29 is 0 Å². The zero-order chi connectivity index (χ0) is 14.8. The maximum atomic E-state index is 5.97. The van der Waals surface area contributed by atoms with Crippen LogP contribution in [-0.4, -0.2) is 10.6 Å². The van der Waals surface area contributed by atoms with Crippen LogP contribution >= 0.6 is 11.6 Å². The van der Waals surface area contributed by atoms with Gasteiger partial charge in [-0.3, -0.25) is 0 Å².